The Morgan fingerprint density at radius 1 is 1.42 bits per heavy atom. The van der Waals surface area contributed by atoms with E-state index in [1.165, 1.54) is 18.3 Å². The highest BCUT2D eigenvalue weighted by Gasteiger charge is 2.21. The van der Waals surface area contributed by atoms with Crippen molar-refractivity contribution in [1.29, 1.82) is 0 Å². The van der Waals surface area contributed by atoms with Crippen molar-refractivity contribution < 1.29 is 22.7 Å². The van der Waals surface area contributed by atoms with Crippen LogP contribution in [-0.4, -0.2) is 29.3 Å². The second-order valence-corrected chi connectivity index (χ2v) is 4.98. The number of benzene rings is 1. The van der Waals surface area contributed by atoms with Gasteiger partial charge in [0.1, 0.15) is 17.6 Å². The summed E-state index contributed by atoms with van der Waals surface area (Å²) in [6.45, 7) is -3.37. The van der Waals surface area contributed by atoms with Gasteiger partial charge in [0, 0.05) is 30.9 Å². The van der Waals surface area contributed by atoms with Gasteiger partial charge in [-0.15, -0.1) is 0 Å². The Bertz CT molecular complexity index is 706. The lowest BCUT2D eigenvalue weighted by Gasteiger charge is -2.16. The zero-order chi connectivity index (χ0) is 17.7. The van der Waals surface area contributed by atoms with E-state index < -0.39 is 24.4 Å². The lowest BCUT2D eigenvalue weighted by Crippen LogP contribution is -2.35. The quantitative estimate of drug-likeness (QED) is 0.804. The third-order valence-electron chi connectivity index (χ3n) is 3.34. The zero-order valence-corrected chi connectivity index (χ0v) is 13.1. The van der Waals surface area contributed by atoms with E-state index >= 15 is 0 Å². The standard InChI is InChI=1S/C15H17F3N4O2/c1-19-13(9-6-21-22(2)8-9)14(23)20-7-10-11(16)4-3-5-12(10)24-15(17)18/h3-6,8,13,15,19H,7H2,1-2H3,(H,20,23). The average Bonchev–Trinajstić information content (AvgIpc) is 2.93. The van der Waals surface area contributed by atoms with Gasteiger partial charge >= 0.3 is 6.61 Å². The number of nitrogens with one attached hydrogen (secondary N) is 2. The van der Waals surface area contributed by atoms with Gasteiger partial charge in [0.15, 0.2) is 0 Å². The fraction of sp³-hybridized carbons (Fsp3) is 0.333. The van der Waals surface area contributed by atoms with Crippen molar-refractivity contribution >= 4 is 5.91 Å². The minimum absolute atomic E-state index is 0.146. The minimum Gasteiger partial charge on any atom is -0.434 e. The molecule has 0 aliphatic carbocycles. The molecule has 6 nitrogen and oxygen atoms in total. The van der Waals surface area contributed by atoms with E-state index in [2.05, 4.69) is 20.5 Å². The molecule has 0 radical (unpaired) electrons. The van der Waals surface area contributed by atoms with Crippen molar-refractivity contribution in [3.05, 3.63) is 47.5 Å². The third kappa shape index (κ3) is 4.25. The first-order valence-corrected chi connectivity index (χ1v) is 7.08. The molecular weight excluding hydrogens is 325 g/mol. The monoisotopic (exact) mass is 342 g/mol. The van der Waals surface area contributed by atoms with Crippen LogP contribution < -0.4 is 15.4 Å². The zero-order valence-electron chi connectivity index (χ0n) is 13.1. The molecule has 1 amide bonds. The number of amides is 1. The van der Waals surface area contributed by atoms with Crippen molar-refractivity contribution in [2.75, 3.05) is 7.05 Å². The molecule has 9 heteroatoms. The molecule has 1 heterocycles. The normalized spacial score (nSPS) is 12.2. The molecule has 2 rings (SSSR count). The van der Waals surface area contributed by atoms with Gasteiger partial charge < -0.3 is 15.4 Å². The van der Waals surface area contributed by atoms with Crippen LogP contribution in [0.25, 0.3) is 0 Å². The Morgan fingerprint density at radius 2 is 2.17 bits per heavy atom. The molecule has 2 N–H and O–H groups in total. The number of aromatic nitrogens is 2. The molecule has 0 bridgehead atoms. The molecule has 2 aromatic rings. The summed E-state index contributed by atoms with van der Waals surface area (Å²) in [6, 6.07) is 2.87. The molecule has 0 fully saturated rings. The van der Waals surface area contributed by atoms with Gasteiger partial charge in [0.05, 0.1) is 6.20 Å². The van der Waals surface area contributed by atoms with E-state index in [-0.39, 0.29) is 17.9 Å². The van der Waals surface area contributed by atoms with E-state index in [1.54, 1.807) is 25.0 Å². The molecule has 0 saturated carbocycles. The smallest absolute Gasteiger partial charge is 0.387 e. The molecule has 1 atom stereocenters. The van der Waals surface area contributed by atoms with Gasteiger partial charge in [-0.25, -0.2) is 4.39 Å². The Kier molecular flexibility index (Phi) is 5.80. The number of alkyl halides is 2. The van der Waals surface area contributed by atoms with Crippen LogP contribution >= 0.6 is 0 Å². The fourth-order valence-corrected chi connectivity index (χ4v) is 2.23. The number of aryl methyl sites for hydroxylation is 1. The number of ether oxygens (including phenoxy) is 1. The molecule has 0 aliphatic heterocycles. The Morgan fingerprint density at radius 3 is 2.75 bits per heavy atom. The SMILES string of the molecule is CNC(C(=O)NCc1c(F)cccc1OC(F)F)c1cnn(C)c1. The minimum atomic E-state index is -3.08. The number of carbonyl (C=O) groups is 1. The van der Waals surface area contributed by atoms with Crippen LogP contribution in [0, 0.1) is 5.82 Å². The number of rotatable bonds is 7. The molecule has 1 aromatic heterocycles. The van der Waals surface area contributed by atoms with Gasteiger partial charge in [-0.1, -0.05) is 6.07 Å². The molecule has 0 aliphatic rings. The molecular formula is C15H17F3N4O2. The summed E-state index contributed by atoms with van der Waals surface area (Å²) in [6.07, 6.45) is 3.18. The number of hydrogen-bond acceptors (Lipinski definition) is 4. The lowest BCUT2D eigenvalue weighted by molar-refractivity contribution is -0.123. The van der Waals surface area contributed by atoms with Crippen LogP contribution in [0.1, 0.15) is 17.2 Å². The van der Waals surface area contributed by atoms with Gasteiger partial charge in [0.25, 0.3) is 0 Å². The van der Waals surface area contributed by atoms with Crippen LogP contribution in [0.2, 0.25) is 0 Å². The molecule has 0 saturated heterocycles. The molecule has 24 heavy (non-hydrogen) atoms. The number of nitrogens with zero attached hydrogens (tertiary/aromatic N) is 2. The maximum Gasteiger partial charge on any atom is 0.387 e. The average molecular weight is 342 g/mol. The Balaban J connectivity index is 2.11. The predicted octanol–water partition coefficient (Wildman–Crippen LogP) is 1.74. The van der Waals surface area contributed by atoms with Crippen molar-refractivity contribution in [2.45, 2.75) is 19.2 Å². The van der Waals surface area contributed by atoms with Crippen LogP contribution in [0.15, 0.2) is 30.6 Å². The third-order valence-corrected chi connectivity index (χ3v) is 3.34. The van der Waals surface area contributed by atoms with E-state index in [1.807, 2.05) is 0 Å². The number of halogens is 3. The van der Waals surface area contributed by atoms with Gasteiger partial charge in [-0.2, -0.15) is 13.9 Å². The highest BCUT2D eigenvalue weighted by molar-refractivity contribution is 5.83. The first kappa shape index (κ1) is 17.8. The second kappa shape index (κ2) is 7.82. The van der Waals surface area contributed by atoms with Crippen molar-refractivity contribution in [2.24, 2.45) is 7.05 Å². The Labute approximate surface area is 136 Å². The first-order chi connectivity index (χ1) is 11.4. The van der Waals surface area contributed by atoms with Crippen LogP contribution in [0.4, 0.5) is 13.2 Å². The summed E-state index contributed by atoms with van der Waals surface area (Å²) in [5.74, 6) is -1.50. The van der Waals surface area contributed by atoms with Crippen LogP contribution in [-0.2, 0) is 18.4 Å². The summed E-state index contributed by atoms with van der Waals surface area (Å²) in [5, 5.41) is 9.31. The maximum absolute atomic E-state index is 13.9. The molecule has 1 aromatic carbocycles. The van der Waals surface area contributed by atoms with Gasteiger partial charge in [0.2, 0.25) is 5.91 Å². The van der Waals surface area contributed by atoms with Gasteiger partial charge in [-0.05, 0) is 19.2 Å². The summed E-state index contributed by atoms with van der Waals surface area (Å²) in [5.41, 5.74) is 0.474. The lowest BCUT2D eigenvalue weighted by atomic mass is 10.1. The first-order valence-electron chi connectivity index (χ1n) is 7.08. The van der Waals surface area contributed by atoms with Crippen molar-refractivity contribution in [1.82, 2.24) is 20.4 Å². The number of likely N-dealkylation sites (N-methyl/N-ethyl adjacent to an activating group) is 1. The highest BCUT2D eigenvalue weighted by Crippen LogP contribution is 2.23. The number of hydrogen-bond donors (Lipinski definition) is 2. The highest BCUT2D eigenvalue weighted by atomic mass is 19.3. The van der Waals surface area contributed by atoms with E-state index in [0.717, 1.165) is 6.07 Å². The van der Waals surface area contributed by atoms with E-state index in [4.69, 9.17) is 0 Å². The predicted molar refractivity (Wildman–Crippen MR) is 79.9 cm³/mol. The van der Waals surface area contributed by atoms with Crippen molar-refractivity contribution in [3.63, 3.8) is 0 Å². The van der Waals surface area contributed by atoms with Crippen LogP contribution in [0.3, 0.4) is 0 Å². The van der Waals surface area contributed by atoms with Crippen LogP contribution in [0.5, 0.6) is 5.75 Å². The second-order valence-electron chi connectivity index (χ2n) is 4.98. The van der Waals surface area contributed by atoms with E-state index in [9.17, 15) is 18.0 Å². The molecule has 0 spiro atoms. The number of carbonyl (C=O) groups excluding carboxylic acids is 1. The Hall–Kier alpha value is -2.55. The largest absolute Gasteiger partial charge is 0.434 e. The summed E-state index contributed by atoms with van der Waals surface area (Å²) in [4.78, 5) is 12.3. The maximum atomic E-state index is 13.9. The topological polar surface area (TPSA) is 68.2 Å². The summed E-state index contributed by atoms with van der Waals surface area (Å²) >= 11 is 0. The molecule has 1 unspecified atom stereocenters. The van der Waals surface area contributed by atoms with E-state index in [0.29, 0.717) is 5.56 Å². The van der Waals surface area contributed by atoms with Gasteiger partial charge in [-0.3, -0.25) is 9.48 Å². The summed E-state index contributed by atoms with van der Waals surface area (Å²) < 4.78 is 44.4. The fourth-order valence-electron chi connectivity index (χ4n) is 2.23. The molecule has 130 valence electrons. The van der Waals surface area contributed by atoms with Crippen molar-refractivity contribution in [3.8, 4) is 5.75 Å². The summed E-state index contributed by atoms with van der Waals surface area (Å²) in [7, 11) is 3.30.